The number of hydrogen-bond acceptors (Lipinski definition) is 8. The Bertz CT molecular complexity index is 1250. The van der Waals surface area contributed by atoms with E-state index in [1.54, 1.807) is 31.2 Å². The van der Waals surface area contributed by atoms with Crippen molar-refractivity contribution in [1.82, 2.24) is 5.16 Å². The van der Waals surface area contributed by atoms with Crippen LogP contribution in [0.3, 0.4) is 0 Å². The number of methoxy groups -OCH3 is 1. The van der Waals surface area contributed by atoms with Crippen molar-refractivity contribution in [1.29, 1.82) is 0 Å². The van der Waals surface area contributed by atoms with E-state index in [9.17, 15) is 19.2 Å². The van der Waals surface area contributed by atoms with Gasteiger partial charge in [-0.05, 0) is 37.3 Å². The van der Waals surface area contributed by atoms with Crippen LogP contribution in [0.25, 0.3) is 0 Å². The third-order valence-corrected chi connectivity index (χ3v) is 4.68. The molecular formula is C22H17N3O7. The average molecular weight is 435 g/mol. The molecule has 32 heavy (non-hydrogen) atoms. The first-order valence-electron chi connectivity index (χ1n) is 9.45. The topological polar surface area (TPSA) is 128 Å². The highest BCUT2D eigenvalue weighted by atomic mass is 16.5. The smallest absolute Gasteiger partial charge is 0.338 e. The number of para-hydroxylation sites is 2. The summed E-state index contributed by atoms with van der Waals surface area (Å²) in [4.78, 5) is 50.7. The molecular weight excluding hydrogens is 418 g/mol. The van der Waals surface area contributed by atoms with Crippen LogP contribution in [-0.4, -0.2) is 42.6 Å². The van der Waals surface area contributed by atoms with E-state index in [1.807, 2.05) is 0 Å². The standard InChI is InChI=1S/C22H17N3O7/c1-12-9-18(24-32-12)25-20(27)14-8-7-13(10-15(14)21(25)28)22(29)31-11-19(26)23-16-5-3-4-6-17(16)30-2/h3-10H,11H2,1-2H3,(H,23,26). The molecule has 10 heteroatoms. The van der Waals surface area contributed by atoms with Crippen LogP contribution in [0.5, 0.6) is 5.75 Å². The molecule has 4 rings (SSSR count). The minimum Gasteiger partial charge on any atom is -0.495 e. The number of rotatable bonds is 6. The first-order valence-corrected chi connectivity index (χ1v) is 9.45. The number of carbonyl (C=O) groups is 4. The number of amides is 3. The fraction of sp³-hybridized carbons (Fsp3) is 0.136. The summed E-state index contributed by atoms with van der Waals surface area (Å²) in [6, 6.07) is 12.2. The highest BCUT2D eigenvalue weighted by molar-refractivity contribution is 6.34. The zero-order chi connectivity index (χ0) is 22.8. The molecule has 0 unspecified atom stereocenters. The Hall–Kier alpha value is -4.47. The highest BCUT2D eigenvalue weighted by Crippen LogP contribution is 2.29. The van der Waals surface area contributed by atoms with Gasteiger partial charge in [-0.3, -0.25) is 14.4 Å². The van der Waals surface area contributed by atoms with Crippen molar-refractivity contribution < 1.29 is 33.2 Å². The third kappa shape index (κ3) is 3.81. The van der Waals surface area contributed by atoms with E-state index in [0.717, 1.165) is 4.90 Å². The summed E-state index contributed by atoms with van der Waals surface area (Å²) in [6.07, 6.45) is 0. The van der Waals surface area contributed by atoms with Gasteiger partial charge in [0.05, 0.1) is 29.5 Å². The van der Waals surface area contributed by atoms with E-state index < -0.39 is 30.3 Å². The average Bonchev–Trinajstić information content (AvgIpc) is 3.32. The number of esters is 1. The second-order valence-electron chi connectivity index (χ2n) is 6.83. The summed E-state index contributed by atoms with van der Waals surface area (Å²) < 4.78 is 15.1. The van der Waals surface area contributed by atoms with Gasteiger partial charge in [-0.2, -0.15) is 0 Å². The number of fused-ring (bicyclic) bond motifs is 1. The Morgan fingerprint density at radius 2 is 1.81 bits per heavy atom. The molecule has 162 valence electrons. The maximum Gasteiger partial charge on any atom is 0.338 e. The van der Waals surface area contributed by atoms with Crippen LogP contribution in [0.2, 0.25) is 0 Å². The molecule has 1 aromatic heterocycles. The minimum absolute atomic E-state index is 0.0215. The van der Waals surface area contributed by atoms with Gasteiger partial charge in [-0.15, -0.1) is 0 Å². The summed E-state index contributed by atoms with van der Waals surface area (Å²) in [5, 5.41) is 6.29. The van der Waals surface area contributed by atoms with Gasteiger partial charge in [0.15, 0.2) is 12.4 Å². The van der Waals surface area contributed by atoms with Crippen LogP contribution in [0.4, 0.5) is 11.5 Å². The second kappa shape index (κ2) is 8.34. The molecule has 2 heterocycles. The number of imide groups is 1. The van der Waals surface area contributed by atoms with E-state index in [-0.39, 0.29) is 22.5 Å². The monoisotopic (exact) mass is 435 g/mol. The van der Waals surface area contributed by atoms with Gasteiger partial charge in [0.25, 0.3) is 17.7 Å². The molecule has 0 saturated carbocycles. The van der Waals surface area contributed by atoms with Gasteiger partial charge in [0, 0.05) is 6.07 Å². The molecule has 0 aliphatic carbocycles. The van der Waals surface area contributed by atoms with Gasteiger partial charge < -0.3 is 19.3 Å². The lowest BCUT2D eigenvalue weighted by atomic mass is 10.1. The van der Waals surface area contributed by atoms with Crippen LogP contribution in [-0.2, 0) is 9.53 Å². The molecule has 3 aromatic rings. The molecule has 0 atom stereocenters. The van der Waals surface area contributed by atoms with Crippen molar-refractivity contribution in [3.8, 4) is 5.75 Å². The van der Waals surface area contributed by atoms with E-state index in [1.165, 1.54) is 31.4 Å². The molecule has 2 aromatic carbocycles. The first-order chi connectivity index (χ1) is 15.4. The number of nitrogens with one attached hydrogen (secondary N) is 1. The molecule has 10 nitrogen and oxygen atoms in total. The lowest BCUT2D eigenvalue weighted by molar-refractivity contribution is -0.119. The Kier molecular flexibility index (Phi) is 5.42. The molecule has 0 spiro atoms. The number of carbonyl (C=O) groups excluding carboxylic acids is 4. The van der Waals surface area contributed by atoms with Gasteiger partial charge >= 0.3 is 5.97 Å². The minimum atomic E-state index is -0.820. The van der Waals surface area contributed by atoms with Gasteiger partial charge in [-0.25, -0.2) is 9.69 Å². The lowest BCUT2D eigenvalue weighted by Crippen LogP contribution is -2.29. The van der Waals surface area contributed by atoms with Crippen molar-refractivity contribution in [3.63, 3.8) is 0 Å². The Morgan fingerprint density at radius 1 is 1.06 bits per heavy atom. The van der Waals surface area contributed by atoms with Crippen molar-refractivity contribution in [2.45, 2.75) is 6.92 Å². The molecule has 0 bridgehead atoms. The maximum absolute atomic E-state index is 12.7. The molecule has 3 amide bonds. The molecule has 0 radical (unpaired) electrons. The van der Waals surface area contributed by atoms with E-state index in [4.69, 9.17) is 14.0 Å². The van der Waals surface area contributed by atoms with Crippen LogP contribution in [0.1, 0.15) is 36.8 Å². The quantitative estimate of drug-likeness (QED) is 0.462. The first kappa shape index (κ1) is 20.8. The number of benzene rings is 2. The summed E-state index contributed by atoms with van der Waals surface area (Å²) in [6.45, 7) is 1.08. The molecule has 1 aliphatic rings. The molecule has 0 fully saturated rings. The van der Waals surface area contributed by atoms with E-state index >= 15 is 0 Å². The van der Waals surface area contributed by atoms with Gasteiger partial charge in [0.2, 0.25) is 0 Å². The number of anilines is 2. The maximum atomic E-state index is 12.7. The van der Waals surface area contributed by atoms with Crippen LogP contribution in [0.15, 0.2) is 53.1 Å². The van der Waals surface area contributed by atoms with Gasteiger partial charge in [0.1, 0.15) is 11.5 Å². The number of nitrogens with zero attached hydrogens (tertiary/aromatic N) is 2. The van der Waals surface area contributed by atoms with Crippen LogP contribution >= 0.6 is 0 Å². The Balaban J connectivity index is 1.44. The molecule has 1 N–H and O–H groups in total. The van der Waals surface area contributed by atoms with Crippen molar-refractivity contribution in [2.24, 2.45) is 0 Å². The molecule has 0 saturated heterocycles. The number of ether oxygens (including phenoxy) is 2. The largest absolute Gasteiger partial charge is 0.495 e. The zero-order valence-corrected chi connectivity index (χ0v) is 17.1. The van der Waals surface area contributed by atoms with Gasteiger partial charge in [-0.1, -0.05) is 17.3 Å². The Morgan fingerprint density at radius 3 is 2.53 bits per heavy atom. The molecule has 1 aliphatic heterocycles. The summed E-state index contributed by atoms with van der Waals surface area (Å²) in [7, 11) is 1.47. The number of hydrogen-bond donors (Lipinski definition) is 1. The SMILES string of the molecule is COc1ccccc1NC(=O)COC(=O)c1ccc2c(c1)C(=O)N(c1cc(C)on1)C2=O. The highest BCUT2D eigenvalue weighted by Gasteiger charge is 2.38. The number of aromatic nitrogens is 1. The van der Waals surface area contributed by atoms with E-state index in [2.05, 4.69) is 10.5 Å². The lowest BCUT2D eigenvalue weighted by Gasteiger charge is -2.10. The summed E-state index contributed by atoms with van der Waals surface area (Å²) >= 11 is 0. The van der Waals surface area contributed by atoms with Crippen LogP contribution < -0.4 is 15.0 Å². The normalized spacial score (nSPS) is 12.5. The van der Waals surface area contributed by atoms with Crippen molar-refractivity contribution in [3.05, 3.63) is 71.0 Å². The van der Waals surface area contributed by atoms with Crippen molar-refractivity contribution >= 4 is 35.2 Å². The van der Waals surface area contributed by atoms with Crippen LogP contribution in [0, 0.1) is 6.92 Å². The fourth-order valence-corrected chi connectivity index (χ4v) is 3.18. The van der Waals surface area contributed by atoms with E-state index in [0.29, 0.717) is 17.2 Å². The third-order valence-electron chi connectivity index (χ3n) is 4.68. The predicted molar refractivity (Wildman–Crippen MR) is 111 cm³/mol. The number of aryl methyl sites for hydroxylation is 1. The Labute approximate surface area is 181 Å². The second-order valence-corrected chi connectivity index (χ2v) is 6.83. The predicted octanol–water partition coefficient (Wildman–Crippen LogP) is 2.59. The summed E-state index contributed by atoms with van der Waals surface area (Å²) in [5.41, 5.74) is 0.610. The van der Waals surface area contributed by atoms with Crippen molar-refractivity contribution in [2.75, 3.05) is 23.9 Å². The fourth-order valence-electron chi connectivity index (χ4n) is 3.18. The summed E-state index contributed by atoms with van der Waals surface area (Å²) in [5.74, 6) is -1.64. The zero-order valence-electron chi connectivity index (χ0n) is 17.1.